The molecule has 1 saturated heterocycles. The van der Waals surface area contributed by atoms with E-state index < -0.39 is 0 Å². The van der Waals surface area contributed by atoms with E-state index in [0.717, 1.165) is 24.9 Å². The predicted octanol–water partition coefficient (Wildman–Crippen LogP) is 3.90. The molecule has 1 unspecified atom stereocenters. The largest absolute Gasteiger partial charge is 0.329 e. The second-order valence-corrected chi connectivity index (χ2v) is 7.55. The molecule has 2 aliphatic rings. The Labute approximate surface area is 175 Å². The zero-order valence-electron chi connectivity index (χ0n) is 15.4. The molecule has 148 valence electrons. The van der Waals surface area contributed by atoms with Gasteiger partial charge in [0.15, 0.2) is 0 Å². The predicted molar refractivity (Wildman–Crippen MR) is 113 cm³/mol. The molecule has 0 spiro atoms. The number of halogens is 2. The summed E-state index contributed by atoms with van der Waals surface area (Å²) in [4.78, 5) is 27.1. The molecule has 5 nitrogen and oxygen atoms in total. The van der Waals surface area contributed by atoms with E-state index in [2.05, 4.69) is 10.6 Å². The van der Waals surface area contributed by atoms with E-state index in [1.807, 2.05) is 41.3 Å². The molecular weight excluding hydrogens is 397 g/mol. The van der Waals surface area contributed by atoms with Crippen molar-refractivity contribution in [3.8, 4) is 0 Å². The van der Waals surface area contributed by atoms with E-state index in [4.69, 9.17) is 11.6 Å². The Kier molecular flexibility index (Phi) is 6.60. The first-order valence-corrected chi connectivity index (χ1v) is 9.68. The molecule has 2 aromatic carbocycles. The highest BCUT2D eigenvalue weighted by Gasteiger charge is 2.31. The van der Waals surface area contributed by atoms with Crippen LogP contribution in [-0.4, -0.2) is 36.3 Å². The number of amides is 2. The first kappa shape index (κ1) is 20.6. The first-order valence-electron chi connectivity index (χ1n) is 9.30. The van der Waals surface area contributed by atoms with E-state index in [1.165, 1.54) is 0 Å². The number of hydrogen-bond acceptors (Lipinski definition) is 3. The zero-order valence-corrected chi connectivity index (χ0v) is 16.9. The highest BCUT2D eigenvalue weighted by molar-refractivity contribution is 6.30. The summed E-state index contributed by atoms with van der Waals surface area (Å²) in [7, 11) is 0. The van der Waals surface area contributed by atoms with E-state index in [0.29, 0.717) is 29.4 Å². The monoisotopic (exact) mass is 419 g/mol. The molecule has 4 rings (SSSR count). The summed E-state index contributed by atoms with van der Waals surface area (Å²) in [5.74, 6) is 0.132. The molecule has 1 atom stereocenters. The molecular formula is C21H23Cl2N3O2. The lowest BCUT2D eigenvalue weighted by Crippen LogP contribution is -2.48. The highest BCUT2D eigenvalue weighted by Crippen LogP contribution is 2.31. The second kappa shape index (κ2) is 8.95. The van der Waals surface area contributed by atoms with Gasteiger partial charge in [0, 0.05) is 41.8 Å². The van der Waals surface area contributed by atoms with E-state index in [9.17, 15) is 9.59 Å². The van der Waals surface area contributed by atoms with Gasteiger partial charge in [-0.25, -0.2) is 0 Å². The normalized spacial score (nSPS) is 18.9. The Bertz CT molecular complexity index is 870. The maximum atomic E-state index is 13.2. The van der Waals surface area contributed by atoms with Gasteiger partial charge in [-0.3, -0.25) is 9.59 Å². The van der Waals surface area contributed by atoms with Gasteiger partial charge in [-0.05, 0) is 48.7 Å². The van der Waals surface area contributed by atoms with E-state index >= 15 is 0 Å². The van der Waals surface area contributed by atoms with Crippen LogP contribution < -0.4 is 10.6 Å². The number of piperazine rings is 1. The number of benzene rings is 2. The summed E-state index contributed by atoms with van der Waals surface area (Å²) in [5, 5.41) is 6.93. The molecule has 1 saturated carbocycles. The molecule has 2 aromatic rings. The number of rotatable bonds is 4. The minimum Gasteiger partial charge on any atom is -0.329 e. The van der Waals surface area contributed by atoms with Gasteiger partial charge in [0.1, 0.15) is 0 Å². The van der Waals surface area contributed by atoms with Crippen molar-refractivity contribution >= 4 is 41.5 Å². The van der Waals surface area contributed by atoms with Crippen LogP contribution in [0.4, 0.5) is 5.69 Å². The van der Waals surface area contributed by atoms with Gasteiger partial charge in [-0.2, -0.15) is 0 Å². The number of carbonyl (C=O) groups excluding carboxylic acids is 2. The molecule has 1 aliphatic carbocycles. The summed E-state index contributed by atoms with van der Waals surface area (Å²) in [6, 6.07) is 14.8. The Balaban J connectivity index is 0.00000225. The smallest absolute Gasteiger partial charge is 0.254 e. The maximum Gasteiger partial charge on any atom is 0.254 e. The molecule has 1 heterocycles. The van der Waals surface area contributed by atoms with Crippen LogP contribution in [0, 0.1) is 5.92 Å². The van der Waals surface area contributed by atoms with Crippen molar-refractivity contribution in [1.29, 1.82) is 0 Å². The average Bonchev–Trinajstić information content (AvgIpc) is 3.53. The number of anilines is 1. The summed E-state index contributed by atoms with van der Waals surface area (Å²) >= 11 is 6.14. The van der Waals surface area contributed by atoms with Crippen molar-refractivity contribution in [3.05, 3.63) is 64.7 Å². The SMILES string of the molecule is Cl.O=C(Nc1cccc(C(=O)N2CCNCC2c2cccc(Cl)c2)c1)C1CC1. The van der Waals surface area contributed by atoms with Gasteiger partial charge in [0.05, 0.1) is 6.04 Å². The lowest BCUT2D eigenvalue weighted by Gasteiger charge is -2.36. The van der Waals surface area contributed by atoms with E-state index in [-0.39, 0.29) is 36.2 Å². The van der Waals surface area contributed by atoms with Gasteiger partial charge < -0.3 is 15.5 Å². The average molecular weight is 420 g/mol. The number of nitrogens with one attached hydrogen (secondary N) is 2. The fourth-order valence-electron chi connectivity index (χ4n) is 3.44. The Hall–Kier alpha value is -2.08. The number of hydrogen-bond donors (Lipinski definition) is 2. The van der Waals surface area contributed by atoms with Crippen LogP contribution in [-0.2, 0) is 4.79 Å². The third-order valence-corrected chi connectivity index (χ3v) is 5.30. The van der Waals surface area contributed by atoms with Crippen molar-refractivity contribution in [1.82, 2.24) is 10.2 Å². The van der Waals surface area contributed by atoms with Crippen LogP contribution in [0.1, 0.15) is 34.8 Å². The zero-order chi connectivity index (χ0) is 18.8. The van der Waals surface area contributed by atoms with Crippen molar-refractivity contribution in [3.63, 3.8) is 0 Å². The molecule has 2 N–H and O–H groups in total. The fourth-order valence-corrected chi connectivity index (χ4v) is 3.64. The second-order valence-electron chi connectivity index (χ2n) is 7.12. The molecule has 0 radical (unpaired) electrons. The summed E-state index contributed by atoms with van der Waals surface area (Å²) in [6.45, 7) is 2.06. The van der Waals surface area contributed by atoms with Crippen LogP contribution in [0.2, 0.25) is 5.02 Å². The van der Waals surface area contributed by atoms with Crippen molar-refractivity contribution in [2.75, 3.05) is 25.0 Å². The quantitative estimate of drug-likeness (QED) is 0.789. The number of nitrogens with zero attached hydrogens (tertiary/aromatic N) is 1. The van der Waals surface area contributed by atoms with Gasteiger partial charge in [-0.15, -0.1) is 12.4 Å². The minimum absolute atomic E-state index is 0. The standard InChI is InChI=1S/C21H22ClN3O2.ClH/c22-17-5-1-3-15(11-17)19-13-23-9-10-25(19)21(27)16-4-2-6-18(12-16)24-20(26)14-7-8-14;/h1-6,11-12,14,19,23H,7-10,13H2,(H,24,26);1H. The maximum absolute atomic E-state index is 13.2. The van der Waals surface area contributed by atoms with Crippen LogP contribution in [0.15, 0.2) is 48.5 Å². The van der Waals surface area contributed by atoms with Gasteiger partial charge >= 0.3 is 0 Å². The molecule has 0 bridgehead atoms. The third kappa shape index (κ3) is 4.66. The highest BCUT2D eigenvalue weighted by atomic mass is 35.5. The summed E-state index contributed by atoms with van der Waals surface area (Å²) in [6.07, 6.45) is 1.90. The summed E-state index contributed by atoms with van der Waals surface area (Å²) in [5.41, 5.74) is 2.27. The minimum atomic E-state index is -0.0744. The van der Waals surface area contributed by atoms with Crippen molar-refractivity contribution in [2.24, 2.45) is 5.92 Å². The molecule has 0 aromatic heterocycles. The Morgan fingerprint density at radius 3 is 2.64 bits per heavy atom. The first-order chi connectivity index (χ1) is 13.1. The molecule has 7 heteroatoms. The molecule has 2 fully saturated rings. The van der Waals surface area contributed by atoms with Crippen molar-refractivity contribution < 1.29 is 9.59 Å². The third-order valence-electron chi connectivity index (χ3n) is 5.06. The molecule has 2 amide bonds. The molecule has 28 heavy (non-hydrogen) atoms. The van der Waals surface area contributed by atoms with Gasteiger partial charge in [0.2, 0.25) is 5.91 Å². The fraction of sp³-hybridized carbons (Fsp3) is 0.333. The Morgan fingerprint density at radius 1 is 1.11 bits per heavy atom. The number of carbonyl (C=O) groups is 2. The van der Waals surface area contributed by atoms with Gasteiger partial charge in [-0.1, -0.05) is 29.8 Å². The van der Waals surface area contributed by atoms with Crippen LogP contribution in [0.25, 0.3) is 0 Å². The van der Waals surface area contributed by atoms with Crippen LogP contribution in [0.3, 0.4) is 0 Å². The van der Waals surface area contributed by atoms with Gasteiger partial charge in [0.25, 0.3) is 5.91 Å². The lowest BCUT2D eigenvalue weighted by atomic mass is 10.0. The van der Waals surface area contributed by atoms with Crippen LogP contribution >= 0.6 is 24.0 Å². The Morgan fingerprint density at radius 2 is 1.89 bits per heavy atom. The van der Waals surface area contributed by atoms with Crippen molar-refractivity contribution in [2.45, 2.75) is 18.9 Å². The summed E-state index contributed by atoms with van der Waals surface area (Å²) < 4.78 is 0. The van der Waals surface area contributed by atoms with Crippen LogP contribution in [0.5, 0.6) is 0 Å². The topological polar surface area (TPSA) is 61.4 Å². The lowest BCUT2D eigenvalue weighted by molar-refractivity contribution is -0.117. The van der Waals surface area contributed by atoms with E-state index in [1.54, 1.807) is 12.1 Å². The molecule has 1 aliphatic heterocycles.